The highest BCUT2D eigenvalue weighted by Gasteiger charge is 2.28. The molecule has 9 heteroatoms. The molecule has 0 radical (unpaired) electrons. The molecule has 0 spiro atoms. The van der Waals surface area contributed by atoms with Crippen molar-refractivity contribution in [2.75, 3.05) is 26.4 Å². The van der Waals surface area contributed by atoms with Gasteiger partial charge in [-0.05, 0) is 64.0 Å². The van der Waals surface area contributed by atoms with Crippen LogP contribution < -0.4 is 16.0 Å². The number of carbonyl (C=O) groups is 3. The van der Waals surface area contributed by atoms with Gasteiger partial charge in [0.2, 0.25) is 0 Å². The third-order valence-corrected chi connectivity index (χ3v) is 6.59. The number of benzene rings is 1. The molecule has 0 unspecified atom stereocenters. The topological polar surface area (TPSA) is 115 Å². The molecule has 0 atom stereocenters. The molecule has 1 aromatic rings. The number of carbonyl (C=O) groups excluding carboxylic acids is 3. The van der Waals surface area contributed by atoms with Crippen molar-refractivity contribution in [2.24, 2.45) is 5.92 Å². The second-order valence-corrected chi connectivity index (χ2v) is 10.7. The van der Waals surface area contributed by atoms with Gasteiger partial charge in [-0.1, -0.05) is 50.5 Å². The number of hydrogen-bond acceptors (Lipinski definition) is 6. The maximum Gasteiger partial charge on any atom is 0.407 e. The van der Waals surface area contributed by atoms with Crippen molar-refractivity contribution in [1.29, 1.82) is 0 Å². The smallest absolute Gasteiger partial charge is 0.407 e. The van der Waals surface area contributed by atoms with Crippen molar-refractivity contribution in [2.45, 2.75) is 90.6 Å². The Morgan fingerprint density at radius 1 is 0.811 bits per heavy atom. The summed E-state index contributed by atoms with van der Waals surface area (Å²) < 4.78 is 15.6. The third kappa shape index (κ3) is 10.9. The molecular formula is C28H45N3O6. The van der Waals surface area contributed by atoms with Crippen LogP contribution in [0.3, 0.4) is 0 Å². The lowest BCUT2D eigenvalue weighted by Gasteiger charge is -2.30. The van der Waals surface area contributed by atoms with E-state index in [2.05, 4.69) is 16.0 Å². The quantitative estimate of drug-likeness (QED) is 0.240. The molecule has 3 amide bonds. The molecule has 37 heavy (non-hydrogen) atoms. The van der Waals surface area contributed by atoms with Crippen molar-refractivity contribution in [3.8, 4) is 0 Å². The molecule has 9 nitrogen and oxygen atoms in total. The van der Waals surface area contributed by atoms with Crippen LogP contribution >= 0.6 is 0 Å². The average Bonchev–Trinajstić information content (AvgIpc) is 2.86. The first-order valence-electron chi connectivity index (χ1n) is 13.4. The van der Waals surface area contributed by atoms with Gasteiger partial charge in [0.25, 0.3) is 0 Å². The molecule has 1 aliphatic carbocycles. The lowest BCUT2D eigenvalue weighted by atomic mass is 9.87. The van der Waals surface area contributed by atoms with E-state index >= 15 is 0 Å². The maximum absolute atomic E-state index is 12.4. The first-order valence-corrected chi connectivity index (χ1v) is 13.4. The molecule has 0 bridgehead atoms. The van der Waals surface area contributed by atoms with E-state index in [1.165, 1.54) is 19.3 Å². The number of alkyl carbamates (subject to hydrolysis) is 3. The van der Waals surface area contributed by atoms with E-state index in [1.807, 2.05) is 58.9 Å². The van der Waals surface area contributed by atoms with Crippen molar-refractivity contribution in [3.05, 3.63) is 35.4 Å². The second-order valence-electron chi connectivity index (χ2n) is 10.7. The van der Waals surface area contributed by atoms with Crippen LogP contribution in [0.4, 0.5) is 14.4 Å². The first-order chi connectivity index (χ1) is 17.5. The van der Waals surface area contributed by atoms with Crippen LogP contribution in [0.1, 0.15) is 90.7 Å². The van der Waals surface area contributed by atoms with Gasteiger partial charge in [-0.25, -0.2) is 14.4 Å². The minimum Gasteiger partial charge on any atom is -0.450 e. The molecule has 0 aromatic heterocycles. The fourth-order valence-electron chi connectivity index (χ4n) is 4.28. The zero-order valence-electron chi connectivity index (χ0n) is 23.1. The minimum absolute atomic E-state index is 0.134. The van der Waals surface area contributed by atoms with Crippen molar-refractivity contribution < 1.29 is 28.6 Å². The molecule has 2 rings (SSSR count). The molecule has 0 aliphatic heterocycles. The molecule has 3 N–H and O–H groups in total. The summed E-state index contributed by atoms with van der Waals surface area (Å²) in [7, 11) is 0. The van der Waals surface area contributed by atoms with Crippen LogP contribution in [0.2, 0.25) is 0 Å². The van der Waals surface area contributed by atoms with Crippen molar-refractivity contribution >= 4 is 18.3 Å². The zero-order chi connectivity index (χ0) is 27.3. The summed E-state index contributed by atoms with van der Waals surface area (Å²) in [6, 6.07) is 7.66. The Kier molecular flexibility index (Phi) is 12.0. The molecule has 1 fully saturated rings. The number of nitrogens with one attached hydrogen (secondary N) is 3. The van der Waals surface area contributed by atoms with Crippen LogP contribution in [-0.2, 0) is 25.3 Å². The van der Waals surface area contributed by atoms with E-state index in [0.29, 0.717) is 25.5 Å². The van der Waals surface area contributed by atoms with Gasteiger partial charge in [-0.2, -0.15) is 0 Å². The van der Waals surface area contributed by atoms with E-state index in [0.717, 1.165) is 30.4 Å². The van der Waals surface area contributed by atoms with Crippen LogP contribution in [0.25, 0.3) is 0 Å². The van der Waals surface area contributed by atoms with Gasteiger partial charge in [0.05, 0.1) is 30.9 Å². The Hall–Kier alpha value is -2.97. The largest absolute Gasteiger partial charge is 0.450 e. The van der Waals surface area contributed by atoms with E-state index in [4.69, 9.17) is 14.2 Å². The Bertz CT molecular complexity index is 880. The summed E-state index contributed by atoms with van der Waals surface area (Å²) in [4.78, 5) is 36.3. The Morgan fingerprint density at radius 3 is 1.86 bits per heavy atom. The lowest BCUT2D eigenvalue weighted by molar-refractivity contribution is 0.113. The highest BCUT2D eigenvalue weighted by molar-refractivity contribution is 5.69. The SMILES string of the molecule is CCCOC(=O)NC(C)(C)c1cccc(C(C)(C)NC(=O)OCCCOC(=O)NCC2CCCCC2)c1. The summed E-state index contributed by atoms with van der Waals surface area (Å²) in [5.74, 6) is 0.544. The van der Waals surface area contributed by atoms with Gasteiger partial charge >= 0.3 is 18.3 Å². The predicted octanol–water partition coefficient (Wildman–Crippen LogP) is 5.72. The molecule has 208 valence electrons. The van der Waals surface area contributed by atoms with Gasteiger partial charge < -0.3 is 30.2 Å². The van der Waals surface area contributed by atoms with Gasteiger partial charge in [0.15, 0.2) is 0 Å². The molecule has 1 aromatic carbocycles. The Morgan fingerprint density at radius 2 is 1.32 bits per heavy atom. The predicted molar refractivity (Wildman–Crippen MR) is 142 cm³/mol. The van der Waals surface area contributed by atoms with E-state index in [1.54, 1.807) is 0 Å². The summed E-state index contributed by atoms with van der Waals surface area (Å²) in [5, 5.41) is 8.59. The van der Waals surface area contributed by atoms with Gasteiger partial charge in [-0.3, -0.25) is 0 Å². The van der Waals surface area contributed by atoms with Crippen LogP contribution in [-0.4, -0.2) is 44.6 Å². The standard InChI is InChI=1S/C28H45N3O6/c1-6-16-35-25(33)30-27(2,3)22-14-10-15-23(19-22)28(4,5)31-26(34)37-18-11-17-36-24(32)29-20-21-12-8-7-9-13-21/h10,14-15,19,21H,6-9,11-13,16-18,20H2,1-5H3,(H,29,32)(H,30,33)(H,31,34). The highest BCUT2D eigenvalue weighted by Crippen LogP contribution is 2.27. The van der Waals surface area contributed by atoms with Gasteiger partial charge in [0, 0.05) is 13.0 Å². The fraction of sp³-hybridized carbons (Fsp3) is 0.679. The second kappa shape index (κ2) is 14.7. The minimum atomic E-state index is -0.721. The van der Waals surface area contributed by atoms with E-state index in [-0.39, 0.29) is 13.2 Å². The number of hydrogen-bond donors (Lipinski definition) is 3. The number of rotatable bonds is 12. The monoisotopic (exact) mass is 519 g/mol. The lowest BCUT2D eigenvalue weighted by Crippen LogP contribution is -2.43. The Labute approximate surface area is 221 Å². The molecule has 0 saturated heterocycles. The van der Waals surface area contributed by atoms with Gasteiger partial charge in [-0.15, -0.1) is 0 Å². The van der Waals surface area contributed by atoms with Crippen molar-refractivity contribution in [3.63, 3.8) is 0 Å². The summed E-state index contributed by atoms with van der Waals surface area (Å²) in [6.45, 7) is 10.8. The van der Waals surface area contributed by atoms with E-state index in [9.17, 15) is 14.4 Å². The molecule has 0 heterocycles. The number of ether oxygens (including phenoxy) is 3. The molecular weight excluding hydrogens is 474 g/mol. The first kappa shape index (κ1) is 30.3. The normalized spacial score (nSPS) is 14.4. The Balaban J connectivity index is 1.74. The molecule has 1 saturated carbocycles. The zero-order valence-corrected chi connectivity index (χ0v) is 23.1. The summed E-state index contributed by atoms with van der Waals surface area (Å²) in [6.07, 6.45) is 5.77. The number of amides is 3. The molecule has 1 aliphatic rings. The van der Waals surface area contributed by atoms with Gasteiger partial charge in [0.1, 0.15) is 0 Å². The van der Waals surface area contributed by atoms with Crippen LogP contribution in [0, 0.1) is 5.92 Å². The van der Waals surface area contributed by atoms with Crippen molar-refractivity contribution in [1.82, 2.24) is 16.0 Å². The van der Waals surface area contributed by atoms with E-state index < -0.39 is 29.4 Å². The average molecular weight is 520 g/mol. The maximum atomic E-state index is 12.4. The highest BCUT2D eigenvalue weighted by atomic mass is 16.6. The van der Waals surface area contributed by atoms with Crippen LogP contribution in [0.5, 0.6) is 0 Å². The van der Waals surface area contributed by atoms with Crippen LogP contribution in [0.15, 0.2) is 24.3 Å². The summed E-state index contributed by atoms with van der Waals surface area (Å²) >= 11 is 0. The summed E-state index contributed by atoms with van der Waals surface area (Å²) in [5.41, 5.74) is 0.346. The fourth-order valence-corrected chi connectivity index (χ4v) is 4.28. The third-order valence-electron chi connectivity index (χ3n) is 6.59.